The second kappa shape index (κ2) is 6.73. The molecule has 2 fully saturated rings. The van der Waals surface area contributed by atoms with E-state index in [2.05, 4.69) is 35.9 Å². The van der Waals surface area contributed by atoms with Crippen LogP contribution in [-0.2, 0) is 0 Å². The van der Waals surface area contributed by atoms with Gasteiger partial charge in [-0.15, -0.1) is 0 Å². The minimum absolute atomic E-state index is 0.164. The number of aliphatic hydroxyl groups excluding tert-OH is 1. The second-order valence-electron chi connectivity index (χ2n) is 7.21. The molecule has 2 aliphatic heterocycles. The van der Waals surface area contributed by atoms with E-state index in [1.165, 1.54) is 38.9 Å². The van der Waals surface area contributed by atoms with E-state index in [1.54, 1.807) is 0 Å². The van der Waals surface area contributed by atoms with Crippen LogP contribution in [0.25, 0.3) is 0 Å². The van der Waals surface area contributed by atoms with E-state index in [-0.39, 0.29) is 12.1 Å². The van der Waals surface area contributed by atoms with Crippen molar-refractivity contribution in [3.8, 4) is 0 Å². The predicted octanol–water partition coefficient (Wildman–Crippen LogP) is 1.29. The van der Waals surface area contributed by atoms with Gasteiger partial charge in [-0.3, -0.25) is 9.80 Å². The van der Waals surface area contributed by atoms with Gasteiger partial charge in [0.05, 0.1) is 6.61 Å². The van der Waals surface area contributed by atoms with E-state index in [0.717, 1.165) is 12.5 Å². The lowest BCUT2D eigenvalue weighted by Crippen LogP contribution is -2.62. The van der Waals surface area contributed by atoms with Crippen molar-refractivity contribution < 1.29 is 5.11 Å². The molecule has 0 saturated carbocycles. The van der Waals surface area contributed by atoms with Crippen molar-refractivity contribution in [3.05, 3.63) is 0 Å². The Bertz CT molecular complexity index is 306. The number of likely N-dealkylation sites (N-methyl/N-ethyl adjacent to an activating group) is 1. The summed E-state index contributed by atoms with van der Waals surface area (Å²) >= 11 is 0. The minimum atomic E-state index is -0.164. The first-order valence-corrected chi connectivity index (χ1v) is 8.28. The third-order valence-electron chi connectivity index (χ3n) is 5.50. The lowest BCUT2D eigenvalue weighted by Gasteiger charge is -2.50. The van der Waals surface area contributed by atoms with E-state index in [4.69, 9.17) is 0 Å². The maximum absolute atomic E-state index is 9.60. The Hall–Kier alpha value is -0.160. The van der Waals surface area contributed by atoms with Crippen LogP contribution in [0.2, 0.25) is 0 Å². The highest BCUT2D eigenvalue weighted by atomic mass is 16.3. The molecule has 0 radical (unpaired) electrons. The highest BCUT2D eigenvalue weighted by Crippen LogP contribution is 2.27. The predicted molar refractivity (Wildman–Crippen MR) is 84.0 cm³/mol. The van der Waals surface area contributed by atoms with Crippen LogP contribution < -0.4 is 5.32 Å². The molecule has 118 valence electrons. The number of hydrogen-bond acceptors (Lipinski definition) is 4. The number of fused-ring (bicyclic) bond motifs is 1. The summed E-state index contributed by atoms with van der Waals surface area (Å²) in [6, 6.07) is 1.90. The Morgan fingerprint density at radius 3 is 2.75 bits per heavy atom. The number of rotatable bonds is 5. The fourth-order valence-electron chi connectivity index (χ4n) is 4.00. The summed E-state index contributed by atoms with van der Waals surface area (Å²) in [6.45, 7) is 10.7. The molecule has 20 heavy (non-hydrogen) atoms. The van der Waals surface area contributed by atoms with Gasteiger partial charge in [0, 0.05) is 36.8 Å². The molecule has 0 aliphatic carbocycles. The molecule has 2 N–H and O–H groups in total. The SMILES string of the molecule is CNC(C)(CO)CC(C)N1CC2CCCCN2CC1C. The summed E-state index contributed by atoms with van der Waals surface area (Å²) in [6.07, 6.45) is 5.13. The molecule has 0 aromatic carbocycles. The van der Waals surface area contributed by atoms with Crippen molar-refractivity contribution >= 4 is 0 Å². The van der Waals surface area contributed by atoms with Crippen molar-refractivity contribution in [3.63, 3.8) is 0 Å². The van der Waals surface area contributed by atoms with Crippen LogP contribution >= 0.6 is 0 Å². The van der Waals surface area contributed by atoms with Crippen LogP contribution in [0.3, 0.4) is 0 Å². The number of hydrogen-bond donors (Lipinski definition) is 2. The van der Waals surface area contributed by atoms with Gasteiger partial charge in [0.25, 0.3) is 0 Å². The van der Waals surface area contributed by atoms with Crippen molar-refractivity contribution in [1.82, 2.24) is 15.1 Å². The van der Waals surface area contributed by atoms with Gasteiger partial charge < -0.3 is 10.4 Å². The van der Waals surface area contributed by atoms with Gasteiger partial charge in [-0.1, -0.05) is 6.42 Å². The van der Waals surface area contributed by atoms with Crippen molar-refractivity contribution in [2.75, 3.05) is 33.3 Å². The Balaban J connectivity index is 1.96. The molecule has 0 aromatic heterocycles. The summed E-state index contributed by atoms with van der Waals surface area (Å²) in [5, 5.41) is 12.9. The van der Waals surface area contributed by atoms with Gasteiger partial charge >= 0.3 is 0 Å². The standard InChI is InChI=1S/C16H33N3O/c1-13(9-16(3,12-20)17-4)19-11-15-7-5-6-8-18(15)10-14(19)2/h13-15,17,20H,5-12H2,1-4H3. The first kappa shape index (κ1) is 16.2. The average Bonchev–Trinajstić information content (AvgIpc) is 2.46. The van der Waals surface area contributed by atoms with Gasteiger partial charge in [-0.05, 0) is 53.6 Å². The molecular weight excluding hydrogens is 250 g/mol. The molecular formula is C16H33N3O. The molecule has 4 unspecified atom stereocenters. The zero-order valence-corrected chi connectivity index (χ0v) is 13.7. The van der Waals surface area contributed by atoms with Crippen LogP contribution in [0.1, 0.15) is 46.5 Å². The number of nitrogens with zero attached hydrogens (tertiary/aromatic N) is 2. The van der Waals surface area contributed by atoms with Crippen molar-refractivity contribution in [2.45, 2.75) is 70.1 Å². The third kappa shape index (κ3) is 3.53. The van der Waals surface area contributed by atoms with Crippen molar-refractivity contribution in [2.24, 2.45) is 0 Å². The molecule has 2 saturated heterocycles. The van der Waals surface area contributed by atoms with Crippen molar-refractivity contribution in [1.29, 1.82) is 0 Å². The molecule has 2 rings (SSSR count). The lowest BCUT2D eigenvalue weighted by atomic mass is 9.90. The number of piperazine rings is 1. The second-order valence-corrected chi connectivity index (χ2v) is 7.21. The maximum Gasteiger partial charge on any atom is 0.0611 e. The Labute approximate surface area is 124 Å². The molecule has 0 bridgehead atoms. The fourth-order valence-corrected chi connectivity index (χ4v) is 4.00. The van der Waals surface area contributed by atoms with Gasteiger partial charge in [-0.2, -0.15) is 0 Å². The molecule has 4 atom stereocenters. The summed E-state index contributed by atoms with van der Waals surface area (Å²) < 4.78 is 0. The summed E-state index contributed by atoms with van der Waals surface area (Å²) in [5.74, 6) is 0. The summed E-state index contributed by atoms with van der Waals surface area (Å²) in [4.78, 5) is 5.36. The van der Waals surface area contributed by atoms with Crippen LogP contribution in [0.15, 0.2) is 0 Å². The molecule has 2 heterocycles. The van der Waals surface area contributed by atoms with Crippen LogP contribution in [-0.4, -0.2) is 71.9 Å². The van der Waals surface area contributed by atoms with Gasteiger partial charge in [0.1, 0.15) is 0 Å². The largest absolute Gasteiger partial charge is 0.394 e. The van der Waals surface area contributed by atoms with Crippen LogP contribution in [0, 0.1) is 0 Å². The Kier molecular flexibility index (Phi) is 5.46. The normalized spacial score (nSPS) is 33.5. The van der Waals surface area contributed by atoms with E-state index in [0.29, 0.717) is 12.1 Å². The Morgan fingerprint density at radius 2 is 2.10 bits per heavy atom. The number of nitrogens with one attached hydrogen (secondary N) is 1. The monoisotopic (exact) mass is 283 g/mol. The smallest absolute Gasteiger partial charge is 0.0611 e. The fraction of sp³-hybridized carbons (Fsp3) is 1.00. The van der Waals surface area contributed by atoms with Gasteiger partial charge in [-0.25, -0.2) is 0 Å². The molecule has 4 nitrogen and oxygen atoms in total. The van der Waals surface area contributed by atoms with Crippen LogP contribution in [0.5, 0.6) is 0 Å². The van der Waals surface area contributed by atoms with E-state index >= 15 is 0 Å². The first-order chi connectivity index (χ1) is 9.49. The summed E-state index contributed by atoms with van der Waals surface area (Å²) in [5.41, 5.74) is -0.164. The lowest BCUT2D eigenvalue weighted by molar-refractivity contribution is -0.0134. The Morgan fingerprint density at radius 1 is 1.35 bits per heavy atom. The van der Waals surface area contributed by atoms with Gasteiger partial charge in [0.2, 0.25) is 0 Å². The zero-order valence-electron chi connectivity index (χ0n) is 13.7. The molecule has 0 amide bonds. The van der Waals surface area contributed by atoms with E-state index in [9.17, 15) is 5.11 Å². The summed E-state index contributed by atoms with van der Waals surface area (Å²) in [7, 11) is 1.95. The molecule has 2 aliphatic rings. The zero-order chi connectivity index (χ0) is 14.8. The molecule has 0 spiro atoms. The maximum atomic E-state index is 9.60. The average molecular weight is 283 g/mol. The molecule has 4 heteroatoms. The quantitative estimate of drug-likeness (QED) is 0.797. The molecule has 0 aromatic rings. The first-order valence-electron chi connectivity index (χ1n) is 8.28. The number of piperidine rings is 1. The highest BCUT2D eigenvalue weighted by Gasteiger charge is 2.36. The van der Waals surface area contributed by atoms with Crippen LogP contribution in [0.4, 0.5) is 0 Å². The van der Waals surface area contributed by atoms with E-state index in [1.807, 2.05) is 7.05 Å². The van der Waals surface area contributed by atoms with E-state index < -0.39 is 0 Å². The number of aliphatic hydroxyl groups is 1. The third-order valence-corrected chi connectivity index (χ3v) is 5.50. The van der Waals surface area contributed by atoms with Gasteiger partial charge in [0.15, 0.2) is 0 Å². The topological polar surface area (TPSA) is 38.7 Å². The minimum Gasteiger partial charge on any atom is -0.394 e. The highest BCUT2D eigenvalue weighted by molar-refractivity contribution is 4.94.